The molecule has 136 valence electrons. The quantitative estimate of drug-likeness (QED) is 0.574. The lowest BCUT2D eigenvalue weighted by Crippen LogP contribution is -2.57. The number of benzene rings is 1. The van der Waals surface area contributed by atoms with E-state index in [1.165, 1.54) is 11.3 Å². The van der Waals surface area contributed by atoms with Gasteiger partial charge in [0.05, 0.1) is 6.61 Å². The summed E-state index contributed by atoms with van der Waals surface area (Å²) in [6.45, 7) is -0.460. The summed E-state index contributed by atoms with van der Waals surface area (Å²) in [4.78, 5) is 0. The second kappa shape index (κ2) is 8.28. The van der Waals surface area contributed by atoms with Gasteiger partial charge in [-0.05, 0) is 17.7 Å². The molecule has 0 spiro atoms. The molecule has 0 radical (unpaired) electrons. The number of aromatic nitrogens is 2. The highest BCUT2D eigenvalue weighted by Gasteiger charge is 2.44. The summed E-state index contributed by atoms with van der Waals surface area (Å²) >= 11 is 8.40. The lowest BCUT2D eigenvalue weighted by Gasteiger charge is -2.39. The summed E-state index contributed by atoms with van der Waals surface area (Å²) in [6, 6.07) is 7.46. The van der Waals surface area contributed by atoms with Crippen molar-refractivity contribution in [2.24, 2.45) is 0 Å². The summed E-state index contributed by atoms with van der Waals surface area (Å²) in [5.74, 6) is 0. The van der Waals surface area contributed by atoms with Gasteiger partial charge in [0.15, 0.2) is 4.34 Å². The van der Waals surface area contributed by atoms with E-state index in [0.717, 1.165) is 22.3 Å². The lowest BCUT2D eigenvalue weighted by atomic mass is 10.0. The molecule has 1 aliphatic rings. The van der Waals surface area contributed by atoms with Gasteiger partial charge in [0.25, 0.3) is 0 Å². The first kappa shape index (κ1) is 19.0. The van der Waals surface area contributed by atoms with E-state index < -0.39 is 36.5 Å². The van der Waals surface area contributed by atoms with Gasteiger partial charge in [0.1, 0.15) is 34.9 Å². The van der Waals surface area contributed by atoms with Crippen molar-refractivity contribution in [3.05, 3.63) is 39.9 Å². The van der Waals surface area contributed by atoms with Crippen LogP contribution in [-0.2, 0) is 11.2 Å². The van der Waals surface area contributed by atoms with E-state index in [1.807, 2.05) is 18.2 Å². The largest absolute Gasteiger partial charge is 0.394 e. The molecule has 1 saturated heterocycles. The number of aliphatic hydroxyl groups is 4. The van der Waals surface area contributed by atoms with E-state index in [4.69, 9.17) is 16.3 Å². The molecule has 5 atom stereocenters. The fraction of sp³-hybridized carbons (Fsp3) is 0.467. The van der Waals surface area contributed by atoms with Gasteiger partial charge < -0.3 is 25.2 Å². The normalized spacial score (nSPS) is 29.7. The first-order valence-electron chi connectivity index (χ1n) is 7.52. The molecule has 0 unspecified atom stereocenters. The molecule has 4 N–H and O–H groups in total. The molecule has 1 fully saturated rings. The smallest absolute Gasteiger partial charge is 0.176 e. The Bertz CT molecular complexity index is 717. The average molecular weight is 405 g/mol. The second-order valence-corrected chi connectivity index (χ2v) is 8.43. The van der Waals surface area contributed by atoms with Crippen LogP contribution in [-0.4, -0.2) is 67.1 Å². The standard InChI is InChI=1S/C15H17ClN2O5S2/c16-8-3-1-2-7(4-8)5-10-17-18-15(24-10)25-14-13(22)12(21)11(20)9(6-19)23-14/h1-4,9,11-14,19-22H,5-6H2/t9-,11+,12+,13-,14+/m1/s1. The van der Waals surface area contributed by atoms with Crippen molar-refractivity contribution in [1.29, 1.82) is 0 Å². The van der Waals surface area contributed by atoms with Crippen molar-refractivity contribution in [1.82, 2.24) is 10.2 Å². The van der Waals surface area contributed by atoms with Gasteiger partial charge in [0, 0.05) is 11.4 Å². The maximum atomic E-state index is 10.1. The molecule has 0 aliphatic carbocycles. The number of aliphatic hydroxyl groups excluding tert-OH is 4. The molecule has 1 aliphatic heterocycles. The topological polar surface area (TPSA) is 116 Å². The molecule has 25 heavy (non-hydrogen) atoms. The van der Waals surface area contributed by atoms with Crippen LogP contribution in [0.25, 0.3) is 0 Å². The van der Waals surface area contributed by atoms with Crippen LogP contribution in [0.1, 0.15) is 10.6 Å². The first-order chi connectivity index (χ1) is 12.0. The third-order valence-corrected chi connectivity index (χ3v) is 6.16. The Kier molecular flexibility index (Phi) is 6.29. The average Bonchev–Trinajstić information content (AvgIpc) is 3.02. The zero-order chi connectivity index (χ0) is 18.0. The fourth-order valence-corrected chi connectivity index (χ4v) is 4.81. The highest BCUT2D eigenvalue weighted by Crippen LogP contribution is 2.35. The Hall–Kier alpha value is -0.780. The van der Waals surface area contributed by atoms with E-state index in [-0.39, 0.29) is 0 Å². The van der Waals surface area contributed by atoms with Crippen LogP contribution in [0.3, 0.4) is 0 Å². The summed E-state index contributed by atoms with van der Waals surface area (Å²) in [6.07, 6.45) is -4.43. The Morgan fingerprint density at radius 2 is 1.96 bits per heavy atom. The van der Waals surface area contributed by atoms with Gasteiger partial charge in [-0.1, -0.05) is 46.8 Å². The van der Waals surface area contributed by atoms with Crippen LogP contribution in [0, 0.1) is 0 Å². The monoisotopic (exact) mass is 404 g/mol. The third-order valence-electron chi connectivity index (χ3n) is 3.76. The van der Waals surface area contributed by atoms with Gasteiger partial charge in [-0.2, -0.15) is 0 Å². The van der Waals surface area contributed by atoms with Gasteiger partial charge >= 0.3 is 0 Å². The number of rotatable bonds is 5. The molecular weight excluding hydrogens is 388 g/mol. The van der Waals surface area contributed by atoms with Crippen molar-refractivity contribution in [2.75, 3.05) is 6.61 Å². The van der Waals surface area contributed by atoms with E-state index >= 15 is 0 Å². The number of hydrogen-bond donors (Lipinski definition) is 4. The molecule has 7 nitrogen and oxygen atoms in total. The van der Waals surface area contributed by atoms with Crippen LogP contribution in [0.15, 0.2) is 28.6 Å². The number of hydrogen-bond acceptors (Lipinski definition) is 9. The van der Waals surface area contributed by atoms with E-state index in [0.29, 0.717) is 15.8 Å². The lowest BCUT2D eigenvalue weighted by molar-refractivity contribution is -0.205. The molecule has 2 heterocycles. The molecule has 1 aromatic carbocycles. The molecule has 0 saturated carbocycles. The molecule has 0 bridgehead atoms. The predicted octanol–water partition coefficient (Wildman–Crippen LogP) is 0.674. The van der Waals surface area contributed by atoms with Crippen molar-refractivity contribution >= 4 is 34.7 Å². The first-order valence-corrected chi connectivity index (χ1v) is 9.59. The van der Waals surface area contributed by atoms with Crippen LogP contribution in [0.2, 0.25) is 5.02 Å². The SMILES string of the molecule is OC[C@H]1O[C@@H](Sc2nnc(Cc3cccc(Cl)c3)s2)[C@H](O)[C@@H](O)[C@H]1O. The minimum absolute atomic E-state index is 0.460. The second-order valence-electron chi connectivity index (χ2n) is 5.58. The Labute approximate surface area is 157 Å². The minimum atomic E-state index is -1.40. The summed E-state index contributed by atoms with van der Waals surface area (Å²) in [5.41, 5.74) is 0.149. The van der Waals surface area contributed by atoms with Crippen LogP contribution in [0.5, 0.6) is 0 Å². The zero-order valence-electron chi connectivity index (χ0n) is 12.9. The van der Waals surface area contributed by atoms with Crippen LogP contribution < -0.4 is 0 Å². The highest BCUT2D eigenvalue weighted by molar-refractivity contribution is 8.01. The minimum Gasteiger partial charge on any atom is -0.394 e. The van der Waals surface area contributed by atoms with Crippen LogP contribution >= 0.6 is 34.7 Å². The molecule has 1 aromatic heterocycles. The highest BCUT2D eigenvalue weighted by atomic mass is 35.5. The summed E-state index contributed by atoms with van der Waals surface area (Å²) < 4.78 is 6.01. The molecular formula is C15H17ClN2O5S2. The Morgan fingerprint density at radius 3 is 2.68 bits per heavy atom. The van der Waals surface area contributed by atoms with Crippen molar-refractivity contribution in [3.63, 3.8) is 0 Å². The van der Waals surface area contributed by atoms with E-state index in [9.17, 15) is 20.4 Å². The number of ether oxygens (including phenoxy) is 1. The van der Waals surface area contributed by atoms with Gasteiger partial charge in [-0.3, -0.25) is 0 Å². The number of thioether (sulfide) groups is 1. The molecule has 3 rings (SSSR count). The maximum Gasteiger partial charge on any atom is 0.176 e. The molecule has 2 aromatic rings. The van der Waals surface area contributed by atoms with E-state index in [2.05, 4.69) is 10.2 Å². The van der Waals surface area contributed by atoms with Crippen molar-refractivity contribution in [2.45, 2.75) is 40.6 Å². The maximum absolute atomic E-state index is 10.1. The summed E-state index contributed by atoms with van der Waals surface area (Å²) in [7, 11) is 0. The van der Waals surface area contributed by atoms with Crippen molar-refractivity contribution in [3.8, 4) is 0 Å². The van der Waals surface area contributed by atoms with Gasteiger partial charge in [-0.15, -0.1) is 10.2 Å². The zero-order valence-corrected chi connectivity index (χ0v) is 15.3. The predicted molar refractivity (Wildman–Crippen MR) is 93.8 cm³/mol. The molecule has 0 amide bonds. The molecule has 10 heteroatoms. The van der Waals surface area contributed by atoms with Crippen LogP contribution in [0.4, 0.5) is 0 Å². The third kappa shape index (κ3) is 4.50. The van der Waals surface area contributed by atoms with Gasteiger partial charge in [0.2, 0.25) is 0 Å². The number of nitrogens with zero attached hydrogens (tertiary/aromatic N) is 2. The van der Waals surface area contributed by atoms with Gasteiger partial charge in [-0.25, -0.2) is 0 Å². The Morgan fingerprint density at radius 1 is 1.16 bits per heavy atom. The summed E-state index contributed by atoms with van der Waals surface area (Å²) in [5, 5.41) is 48.5. The number of halogens is 1. The fourth-order valence-electron chi connectivity index (χ4n) is 2.44. The Balaban J connectivity index is 1.66. The van der Waals surface area contributed by atoms with E-state index in [1.54, 1.807) is 6.07 Å². The van der Waals surface area contributed by atoms with Crippen molar-refractivity contribution < 1.29 is 25.2 Å².